The number of benzene rings is 2. The van der Waals surface area contributed by atoms with Gasteiger partial charge in [-0.1, -0.05) is 29.8 Å². The third-order valence-corrected chi connectivity index (χ3v) is 8.87. The molecule has 39 heavy (non-hydrogen) atoms. The first-order valence-electron chi connectivity index (χ1n) is 12.7. The highest BCUT2D eigenvalue weighted by atomic mass is 32.2. The monoisotopic (exact) mass is 554 g/mol. The first kappa shape index (κ1) is 27.0. The number of aromatic nitrogens is 2. The van der Waals surface area contributed by atoms with Crippen LogP contribution in [0.3, 0.4) is 0 Å². The lowest BCUT2D eigenvalue weighted by molar-refractivity contribution is 0.0937. The molecule has 1 fully saturated rings. The molecule has 0 saturated heterocycles. The zero-order chi connectivity index (χ0) is 27.9. The van der Waals surface area contributed by atoms with Gasteiger partial charge in [0.05, 0.1) is 11.5 Å². The van der Waals surface area contributed by atoms with Crippen LogP contribution in [-0.4, -0.2) is 35.6 Å². The molecule has 3 heterocycles. The fourth-order valence-electron chi connectivity index (χ4n) is 5.17. The smallest absolute Gasteiger partial charge is 0.296 e. The number of aromatic hydroxyl groups is 1. The minimum absolute atomic E-state index is 0.0597. The van der Waals surface area contributed by atoms with Gasteiger partial charge in [-0.2, -0.15) is 8.42 Å². The fraction of sp³-hybridized carbons (Fsp3) is 0.357. The van der Waals surface area contributed by atoms with Crippen molar-refractivity contribution in [3.8, 4) is 5.75 Å². The number of carbonyl (C=O) groups excluding carboxylic acids is 1. The zero-order valence-electron chi connectivity index (χ0n) is 21.7. The molecule has 1 saturated carbocycles. The average molecular weight is 555 g/mol. The molecule has 0 unspecified atom stereocenters. The number of hydrogen-bond acceptors (Lipinski definition) is 7. The molecular weight excluding hydrogens is 525 g/mol. The van der Waals surface area contributed by atoms with E-state index in [9.17, 15) is 27.5 Å². The van der Waals surface area contributed by atoms with E-state index in [0.717, 1.165) is 11.5 Å². The second-order valence-corrected chi connectivity index (χ2v) is 12.0. The topological polar surface area (TPSA) is 128 Å². The number of rotatable bonds is 7. The Morgan fingerprint density at radius 1 is 1.15 bits per heavy atom. The van der Waals surface area contributed by atoms with E-state index >= 15 is 0 Å². The summed E-state index contributed by atoms with van der Waals surface area (Å²) in [6, 6.07) is 10.8. The number of amides is 1. The maximum absolute atomic E-state index is 13.5. The number of aryl methyl sites for hydroxylation is 2. The van der Waals surface area contributed by atoms with E-state index in [1.165, 1.54) is 28.8 Å². The van der Waals surface area contributed by atoms with Gasteiger partial charge < -0.3 is 10.4 Å². The van der Waals surface area contributed by atoms with Gasteiger partial charge in [0.15, 0.2) is 5.69 Å². The van der Waals surface area contributed by atoms with E-state index < -0.39 is 32.7 Å². The predicted octanol–water partition coefficient (Wildman–Crippen LogP) is 3.54. The predicted molar refractivity (Wildman–Crippen MR) is 140 cm³/mol. The second-order valence-electron chi connectivity index (χ2n) is 10.4. The highest BCUT2D eigenvalue weighted by Gasteiger charge is 2.44. The van der Waals surface area contributed by atoms with Crippen LogP contribution in [0.2, 0.25) is 0 Å². The highest BCUT2D eigenvalue weighted by Crippen LogP contribution is 2.47. The molecule has 1 aromatic heterocycles. The lowest BCUT2D eigenvalue weighted by atomic mass is 9.72. The zero-order valence-corrected chi connectivity index (χ0v) is 22.5. The summed E-state index contributed by atoms with van der Waals surface area (Å²) >= 11 is 0. The largest absolute Gasteiger partial charge is 0.501 e. The van der Waals surface area contributed by atoms with Gasteiger partial charge in [0, 0.05) is 24.4 Å². The third-order valence-electron chi connectivity index (χ3n) is 7.59. The lowest BCUT2D eigenvalue weighted by Crippen LogP contribution is -2.37. The van der Waals surface area contributed by atoms with Crippen LogP contribution >= 0.6 is 0 Å². The van der Waals surface area contributed by atoms with Crippen molar-refractivity contribution >= 4 is 16.0 Å². The van der Waals surface area contributed by atoms with Crippen LogP contribution in [0, 0.1) is 31.0 Å². The summed E-state index contributed by atoms with van der Waals surface area (Å²) in [4.78, 5) is 30.6. The molecule has 9 nitrogen and oxygen atoms in total. The normalized spacial score (nSPS) is 16.5. The Hall–Kier alpha value is -3.57. The van der Waals surface area contributed by atoms with E-state index in [0.29, 0.717) is 42.6 Å². The molecule has 1 amide bonds. The fourth-order valence-corrected chi connectivity index (χ4v) is 6.18. The van der Waals surface area contributed by atoms with Crippen LogP contribution in [0.5, 0.6) is 5.75 Å². The number of hydrogen-bond donors (Lipinski definition) is 2. The van der Waals surface area contributed by atoms with Crippen molar-refractivity contribution < 1.29 is 26.9 Å². The van der Waals surface area contributed by atoms with E-state index in [4.69, 9.17) is 4.18 Å². The summed E-state index contributed by atoms with van der Waals surface area (Å²) in [5, 5.41) is 13.3. The minimum Gasteiger partial charge on any atom is -0.501 e. The molecule has 11 heteroatoms. The molecule has 0 spiro atoms. The van der Waals surface area contributed by atoms with Gasteiger partial charge in [0.25, 0.3) is 21.6 Å². The molecule has 3 aromatic rings. The molecule has 2 aliphatic heterocycles. The van der Waals surface area contributed by atoms with Crippen molar-refractivity contribution in [3.05, 3.63) is 92.8 Å². The van der Waals surface area contributed by atoms with Crippen molar-refractivity contribution in [2.24, 2.45) is 5.41 Å². The molecule has 1 aliphatic carbocycles. The summed E-state index contributed by atoms with van der Waals surface area (Å²) in [6.07, 6.45) is 2.25. The molecular formula is C28H29FN3O6S. The minimum atomic E-state index is -4.00. The van der Waals surface area contributed by atoms with Crippen LogP contribution in [0.4, 0.5) is 4.39 Å². The summed E-state index contributed by atoms with van der Waals surface area (Å²) in [5.74, 6) is -0.675. The summed E-state index contributed by atoms with van der Waals surface area (Å²) in [5.41, 5.74) is 0.208. The maximum Gasteiger partial charge on any atom is 0.296 e. The average Bonchev–Trinajstić information content (AvgIpc) is 3.17. The van der Waals surface area contributed by atoms with Crippen molar-refractivity contribution in [1.29, 1.82) is 0 Å². The van der Waals surface area contributed by atoms with Gasteiger partial charge in [-0.15, -0.1) is 0 Å². The van der Waals surface area contributed by atoms with Crippen LogP contribution < -0.4 is 10.9 Å². The molecule has 0 atom stereocenters. The quantitative estimate of drug-likeness (QED) is 0.428. The van der Waals surface area contributed by atoms with Gasteiger partial charge in [-0.3, -0.25) is 18.3 Å². The lowest BCUT2D eigenvalue weighted by Gasteiger charge is -2.35. The van der Waals surface area contributed by atoms with Gasteiger partial charge in [0.2, 0.25) is 5.75 Å². The third kappa shape index (κ3) is 5.33. The van der Waals surface area contributed by atoms with Crippen LogP contribution in [0.1, 0.15) is 58.7 Å². The Balaban J connectivity index is 1.37. The van der Waals surface area contributed by atoms with Crippen molar-refractivity contribution in [1.82, 2.24) is 14.9 Å². The second kappa shape index (κ2) is 10.2. The first-order chi connectivity index (χ1) is 18.5. The number of carbonyl (C=O) groups is 1. The molecule has 2 bridgehead atoms. The van der Waals surface area contributed by atoms with E-state index in [2.05, 4.69) is 10.3 Å². The van der Waals surface area contributed by atoms with Crippen molar-refractivity contribution in [2.75, 3.05) is 6.61 Å². The van der Waals surface area contributed by atoms with Crippen molar-refractivity contribution in [2.45, 2.75) is 57.5 Å². The Morgan fingerprint density at radius 3 is 2.51 bits per heavy atom. The van der Waals surface area contributed by atoms with Crippen LogP contribution in [0.25, 0.3) is 0 Å². The molecule has 2 N–H and O–H groups in total. The van der Waals surface area contributed by atoms with Gasteiger partial charge in [-0.05, 0) is 68.9 Å². The standard InChI is InChI=1S/C28H29FN3O6S/c1-17-3-6-21(7-4-17)39(36,37)38-16-28-11-9-20(10-12-28)25-31-23(24(33)27(35)32(25)15-28)26(34)30-14-19-5-8-22(29)18(2)13-19/h3-8,13,33H,9-12,14-16H2,1-2H3,(H,30,34). The Kier molecular flexibility index (Phi) is 7.06. The van der Waals surface area contributed by atoms with E-state index in [-0.39, 0.29) is 36.1 Å². The van der Waals surface area contributed by atoms with E-state index in [1.807, 2.05) is 6.92 Å². The molecule has 2 aromatic carbocycles. The van der Waals surface area contributed by atoms with Crippen LogP contribution in [-0.2, 0) is 27.4 Å². The number of halogens is 1. The van der Waals surface area contributed by atoms with Crippen molar-refractivity contribution in [3.63, 3.8) is 0 Å². The molecule has 1 radical (unpaired) electrons. The number of fused-ring (bicyclic) bond motifs is 2. The Labute approximate surface area is 225 Å². The highest BCUT2D eigenvalue weighted by molar-refractivity contribution is 7.86. The number of nitrogens with zero attached hydrogens (tertiary/aromatic N) is 2. The Morgan fingerprint density at radius 2 is 1.85 bits per heavy atom. The van der Waals surface area contributed by atoms with Crippen LogP contribution in [0.15, 0.2) is 52.2 Å². The summed E-state index contributed by atoms with van der Waals surface area (Å²) in [6.45, 7) is 3.51. The maximum atomic E-state index is 13.5. The molecule has 6 rings (SSSR count). The first-order valence-corrected chi connectivity index (χ1v) is 14.1. The summed E-state index contributed by atoms with van der Waals surface area (Å²) in [7, 11) is -4.00. The SMILES string of the molecule is Cc1ccc(S(=O)(=O)OCC23CC[C](CC2)c2nc(C(=O)NCc4ccc(F)c(C)c4)c(O)c(=O)n2C3)cc1. The van der Waals surface area contributed by atoms with Gasteiger partial charge in [0.1, 0.15) is 11.6 Å². The molecule has 3 aliphatic rings. The van der Waals surface area contributed by atoms with E-state index in [1.54, 1.807) is 25.1 Å². The van der Waals surface area contributed by atoms with Gasteiger partial charge in [-0.25, -0.2) is 9.37 Å². The van der Waals surface area contributed by atoms with Gasteiger partial charge >= 0.3 is 0 Å². The Bertz CT molecular complexity index is 1590. The summed E-state index contributed by atoms with van der Waals surface area (Å²) < 4.78 is 46.0. The molecule has 205 valence electrons. The number of nitrogens with one attached hydrogen (secondary N) is 1.